The minimum absolute atomic E-state index is 0.214. The second-order valence-corrected chi connectivity index (χ2v) is 8.51. The number of benzene rings is 3. The molecule has 0 aliphatic carbocycles. The summed E-state index contributed by atoms with van der Waals surface area (Å²) in [7, 11) is -3.76. The summed E-state index contributed by atoms with van der Waals surface area (Å²) in [5.74, 6) is -0.214. The molecule has 0 bridgehead atoms. The summed E-state index contributed by atoms with van der Waals surface area (Å²) in [4.78, 5) is 18.7. The van der Waals surface area contributed by atoms with Crippen LogP contribution in [0.15, 0.2) is 88.8 Å². The van der Waals surface area contributed by atoms with E-state index in [0.717, 1.165) is 16.3 Å². The Labute approximate surface area is 162 Å². The van der Waals surface area contributed by atoms with Gasteiger partial charge >= 0.3 is 0 Å². The summed E-state index contributed by atoms with van der Waals surface area (Å²) < 4.78 is 25.5. The SMILES string of the molecule is O=c1cc(Cc2cccc3ccccc23)nc(S(=O)(=O)Cc2ccccc2)[nH]1. The number of rotatable bonds is 5. The molecule has 0 radical (unpaired) electrons. The van der Waals surface area contributed by atoms with E-state index in [-0.39, 0.29) is 10.9 Å². The fraction of sp³-hybridized carbons (Fsp3) is 0.0909. The van der Waals surface area contributed by atoms with Crippen molar-refractivity contribution in [1.29, 1.82) is 0 Å². The van der Waals surface area contributed by atoms with E-state index >= 15 is 0 Å². The van der Waals surface area contributed by atoms with E-state index in [4.69, 9.17) is 0 Å². The number of fused-ring (bicyclic) bond motifs is 1. The van der Waals surface area contributed by atoms with Gasteiger partial charge in [-0.05, 0) is 21.9 Å². The lowest BCUT2D eigenvalue weighted by atomic mass is 10.0. The second kappa shape index (κ2) is 7.40. The number of nitrogens with zero attached hydrogens (tertiary/aromatic N) is 1. The van der Waals surface area contributed by atoms with Crippen molar-refractivity contribution in [3.8, 4) is 0 Å². The molecule has 5 nitrogen and oxygen atoms in total. The molecule has 0 aliphatic rings. The molecule has 0 amide bonds. The van der Waals surface area contributed by atoms with Gasteiger partial charge in [-0.3, -0.25) is 9.78 Å². The number of hydrogen-bond donors (Lipinski definition) is 1. The lowest BCUT2D eigenvalue weighted by Gasteiger charge is -2.08. The molecular weight excluding hydrogens is 372 g/mol. The van der Waals surface area contributed by atoms with Crippen molar-refractivity contribution in [3.63, 3.8) is 0 Å². The number of hydrogen-bond acceptors (Lipinski definition) is 4. The molecule has 28 heavy (non-hydrogen) atoms. The molecule has 140 valence electrons. The lowest BCUT2D eigenvalue weighted by Crippen LogP contribution is -2.18. The molecule has 1 N–H and O–H groups in total. The van der Waals surface area contributed by atoms with Crippen LogP contribution in [0.3, 0.4) is 0 Å². The maximum Gasteiger partial charge on any atom is 0.251 e. The van der Waals surface area contributed by atoms with Crippen LogP contribution < -0.4 is 5.56 Å². The van der Waals surface area contributed by atoms with Crippen molar-refractivity contribution in [2.75, 3.05) is 0 Å². The average molecular weight is 390 g/mol. The van der Waals surface area contributed by atoms with E-state index in [1.165, 1.54) is 6.07 Å². The molecule has 1 aromatic heterocycles. The first kappa shape index (κ1) is 18.1. The van der Waals surface area contributed by atoms with Gasteiger partial charge in [0.05, 0.1) is 11.4 Å². The number of aromatic nitrogens is 2. The van der Waals surface area contributed by atoms with Gasteiger partial charge in [0, 0.05) is 12.5 Å². The standard InChI is InChI=1S/C22H18N2O3S/c25-21-14-19(13-18-11-6-10-17-9-4-5-12-20(17)18)23-22(24-21)28(26,27)15-16-7-2-1-3-8-16/h1-12,14H,13,15H2,(H,23,24,25). The molecule has 0 spiro atoms. The van der Waals surface area contributed by atoms with Gasteiger partial charge in [-0.1, -0.05) is 72.8 Å². The van der Waals surface area contributed by atoms with Crippen LogP contribution >= 0.6 is 0 Å². The molecule has 4 aromatic rings. The van der Waals surface area contributed by atoms with Gasteiger partial charge in [-0.25, -0.2) is 13.4 Å². The van der Waals surface area contributed by atoms with Gasteiger partial charge in [0.25, 0.3) is 5.56 Å². The van der Waals surface area contributed by atoms with Gasteiger partial charge in [-0.15, -0.1) is 0 Å². The molecule has 0 aliphatic heterocycles. The van der Waals surface area contributed by atoms with Crippen LogP contribution in [-0.4, -0.2) is 18.4 Å². The second-order valence-electron chi connectivity index (χ2n) is 6.60. The molecular formula is C22H18N2O3S. The third-order valence-corrected chi connectivity index (χ3v) is 6.01. The average Bonchev–Trinajstić information content (AvgIpc) is 2.68. The first-order valence-corrected chi connectivity index (χ1v) is 10.5. The molecule has 3 aromatic carbocycles. The van der Waals surface area contributed by atoms with Gasteiger partial charge in [-0.2, -0.15) is 0 Å². The third-order valence-electron chi connectivity index (χ3n) is 4.52. The lowest BCUT2D eigenvalue weighted by molar-refractivity contribution is 0.584. The molecule has 0 saturated carbocycles. The Hall–Kier alpha value is -3.25. The normalized spacial score (nSPS) is 11.6. The number of H-pyrrole nitrogens is 1. The molecule has 0 fully saturated rings. The van der Waals surface area contributed by atoms with Crippen molar-refractivity contribution < 1.29 is 8.42 Å². The van der Waals surface area contributed by atoms with Gasteiger partial charge in [0.2, 0.25) is 15.0 Å². The van der Waals surface area contributed by atoms with Crippen LogP contribution in [0.25, 0.3) is 10.8 Å². The van der Waals surface area contributed by atoms with Crippen molar-refractivity contribution >= 4 is 20.6 Å². The zero-order valence-corrected chi connectivity index (χ0v) is 15.8. The largest absolute Gasteiger partial charge is 0.297 e. The van der Waals surface area contributed by atoms with Gasteiger partial charge in [0.15, 0.2) is 0 Å². The van der Waals surface area contributed by atoms with E-state index in [2.05, 4.69) is 9.97 Å². The van der Waals surface area contributed by atoms with E-state index in [0.29, 0.717) is 17.7 Å². The first-order chi connectivity index (χ1) is 13.5. The maximum absolute atomic E-state index is 12.7. The molecule has 0 saturated heterocycles. The summed E-state index contributed by atoms with van der Waals surface area (Å²) in [5.41, 5.74) is 1.58. The Morgan fingerprint density at radius 3 is 2.39 bits per heavy atom. The van der Waals surface area contributed by atoms with Crippen molar-refractivity contribution in [3.05, 3.63) is 106 Å². The highest BCUT2D eigenvalue weighted by Crippen LogP contribution is 2.21. The monoisotopic (exact) mass is 390 g/mol. The molecule has 0 unspecified atom stereocenters. The summed E-state index contributed by atoms with van der Waals surface area (Å²) in [6, 6.07) is 24.0. The molecule has 1 heterocycles. The van der Waals surface area contributed by atoms with E-state index in [1.54, 1.807) is 24.3 Å². The summed E-state index contributed by atoms with van der Waals surface area (Å²) in [5, 5.41) is 1.85. The maximum atomic E-state index is 12.7. The molecule has 4 rings (SSSR count). The van der Waals surface area contributed by atoms with Crippen molar-refractivity contribution in [2.45, 2.75) is 17.3 Å². The van der Waals surface area contributed by atoms with E-state index in [9.17, 15) is 13.2 Å². The van der Waals surface area contributed by atoms with Gasteiger partial charge in [0.1, 0.15) is 0 Å². The Bertz CT molecular complexity index is 1290. The number of aromatic amines is 1. The molecule has 0 atom stereocenters. The predicted octanol–water partition coefficient (Wildman–Crippen LogP) is 3.49. The highest BCUT2D eigenvalue weighted by molar-refractivity contribution is 7.90. The predicted molar refractivity (Wildman–Crippen MR) is 109 cm³/mol. The molecule has 6 heteroatoms. The Kier molecular flexibility index (Phi) is 4.79. The quantitative estimate of drug-likeness (QED) is 0.529. The highest BCUT2D eigenvalue weighted by Gasteiger charge is 2.19. The first-order valence-electron chi connectivity index (χ1n) is 8.85. The van der Waals surface area contributed by atoms with Crippen molar-refractivity contribution in [1.82, 2.24) is 9.97 Å². The van der Waals surface area contributed by atoms with Crippen LogP contribution in [0, 0.1) is 0 Å². The Morgan fingerprint density at radius 2 is 1.57 bits per heavy atom. The minimum Gasteiger partial charge on any atom is -0.297 e. The minimum atomic E-state index is -3.76. The third kappa shape index (κ3) is 3.87. The fourth-order valence-electron chi connectivity index (χ4n) is 3.23. The van der Waals surface area contributed by atoms with Crippen LogP contribution in [0.1, 0.15) is 16.8 Å². The summed E-state index contributed by atoms with van der Waals surface area (Å²) in [6.45, 7) is 0. The Balaban J connectivity index is 1.70. The Morgan fingerprint density at radius 1 is 0.857 bits per heavy atom. The summed E-state index contributed by atoms with van der Waals surface area (Å²) in [6.07, 6.45) is 0.374. The van der Waals surface area contributed by atoms with Crippen molar-refractivity contribution in [2.24, 2.45) is 0 Å². The zero-order valence-electron chi connectivity index (χ0n) is 15.0. The smallest absolute Gasteiger partial charge is 0.251 e. The van der Waals surface area contributed by atoms with Crippen LogP contribution in [0.5, 0.6) is 0 Å². The highest BCUT2D eigenvalue weighted by atomic mass is 32.2. The van der Waals surface area contributed by atoms with Crippen LogP contribution in [-0.2, 0) is 22.0 Å². The van der Waals surface area contributed by atoms with Crippen LogP contribution in [0.4, 0.5) is 0 Å². The summed E-state index contributed by atoms with van der Waals surface area (Å²) >= 11 is 0. The van der Waals surface area contributed by atoms with Crippen LogP contribution in [0.2, 0.25) is 0 Å². The van der Waals surface area contributed by atoms with E-state index in [1.807, 2.05) is 48.5 Å². The number of sulfone groups is 1. The van der Waals surface area contributed by atoms with Gasteiger partial charge < -0.3 is 0 Å². The number of nitrogens with one attached hydrogen (secondary N) is 1. The van der Waals surface area contributed by atoms with E-state index < -0.39 is 15.4 Å². The zero-order chi connectivity index (χ0) is 19.6. The topological polar surface area (TPSA) is 79.9 Å². The fourth-order valence-corrected chi connectivity index (χ4v) is 4.51.